The van der Waals surface area contributed by atoms with Crippen molar-refractivity contribution >= 4 is 23.7 Å². The molecular formula is C28H45ClN4O4. The molecule has 0 spiro atoms. The summed E-state index contributed by atoms with van der Waals surface area (Å²) in [5, 5.41) is 9.92. The number of piperidine rings is 1. The second-order valence-electron chi connectivity index (χ2n) is 10.9. The Labute approximate surface area is 227 Å². The molecule has 9 heteroatoms. The van der Waals surface area contributed by atoms with E-state index in [4.69, 9.17) is 16.3 Å². The summed E-state index contributed by atoms with van der Waals surface area (Å²) in [4.78, 5) is 26.8. The second-order valence-corrected chi connectivity index (χ2v) is 11.3. The van der Waals surface area contributed by atoms with Crippen molar-refractivity contribution in [3.05, 3.63) is 34.9 Å². The summed E-state index contributed by atoms with van der Waals surface area (Å²) in [7, 11) is 3.28. The van der Waals surface area contributed by atoms with Crippen LogP contribution in [0, 0.1) is 11.3 Å². The van der Waals surface area contributed by atoms with E-state index < -0.39 is 6.09 Å². The molecule has 2 fully saturated rings. The summed E-state index contributed by atoms with van der Waals surface area (Å²) in [6.45, 7) is 5.15. The van der Waals surface area contributed by atoms with E-state index in [0.29, 0.717) is 30.1 Å². The van der Waals surface area contributed by atoms with Crippen molar-refractivity contribution < 1.29 is 19.1 Å². The van der Waals surface area contributed by atoms with Crippen LogP contribution in [0.25, 0.3) is 0 Å². The highest BCUT2D eigenvalue weighted by atomic mass is 35.5. The van der Waals surface area contributed by atoms with Crippen molar-refractivity contribution in [1.82, 2.24) is 20.9 Å². The number of methoxy groups -OCH3 is 1. The monoisotopic (exact) mass is 536 g/mol. The highest BCUT2D eigenvalue weighted by molar-refractivity contribution is 6.30. The molecular weight excluding hydrogens is 492 g/mol. The lowest BCUT2D eigenvalue weighted by molar-refractivity contribution is -0.00870. The Bertz CT molecular complexity index is 864. The molecule has 2 aliphatic rings. The topological polar surface area (TPSA) is 91.9 Å². The molecule has 3 atom stereocenters. The first-order valence-corrected chi connectivity index (χ1v) is 14.1. The van der Waals surface area contributed by atoms with Crippen molar-refractivity contribution in [2.75, 3.05) is 46.9 Å². The van der Waals surface area contributed by atoms with Crippen LogP contribution in [-0.2, 0) is 9.47 Å². The third-order valence-electron chi connectivity index (χ3n) is 7.78. The molecule has 1 aromatic rings. The van der Waals surface area contributed by atoms with E-state index in [0.717, 1.165) is 37.9 Å². The number of nitrogens with zero attached hydrogens (tertiary/aromatic N) is 1. The first-order valence-electron chi connectivity index (χ1n) is 13.7. The van der Waals surface area contributed by atoms with Gasteiger partial charge in [0.1, 0.15) is 0 Å². The number of carbonyl (C=O) groups is 2. The van der Waals surface area contributed by atoms with Crippen LogP contribution in [0.5, 0.6) is 0 Å². The summed E-state index contributed by atoms with van der Waals surface area (Å²) in [5.41, 5.74) is 1.28. The van der Waals surface area contributed by atoms with Crippen molar-refractivity contribution in [3.8, 4) is 0 Å². The molecule has 2 unspecified atom stereocenters. The lowest BCUT2D eigenvalue weighted by Gasteiger charge is -2.39. The average molecular weight is 537 g/mol. The van der Waals surface area contributed by atoms with Gasteiger partial charge in [-0.05, 0) is 62.3 Å². The number of ether oxygens (including phenoxy) is 2. The Kier molecular flexibility index (Phi) is 11.8. The van der Waals surface area contributed by atoms with E-state index in [9.17, 15) is 9.59 Å². The maximum absolute atomic E-state index is 13.4. The molecule has 3 amide bonds. The second kappa shape index (κ2) is 14.8. The van der Waals surface area contributed by atoms with Gasteiger partial charge < -0.3 is 30.3 Å². The largest absolute Gasteiger partial charge is 0.453 e. The number of alkyl carbamates (subject to hydrolysis) is 1. The number of hydrogen-bond acceptors (Lipinski definition) is 5. The first-order chi connectivity index (χ1) is 17.8. The number of nitrogens with one attached hydrogen (secondary N) is 3. The number of halogens is 1. The number of rotatable bonds is 11. The number of urea groups is 1. The molecule has 8 nitrogen and oxygen atoms in total. The van der Waals surface area contributed by atoms with Crippen LogP contribution in [0.2, 0.25) is 5.02 Å². The Morgan fingerprint density at radius 3 is 2.70 bits per heavy atom. The molecule has 0 bridgehead atoms. The van der Waals surface area contributed by atoms with Gasteiger partial charge >= 0.3 is 12.1 Å². The van der Waals surface area contributed by atoms with Crippen molar-refractivity contribution in [1.29, 1.82) is 0 Å². The highest BCUT2D eigenvalue weighted by Crippen LogP contribution is 2.39. The Morgan fingerprint density at radius 1 is 1.22 bits per heavy atom. The first kappa shape index (κ1) is 29.5. The van der Waals surface area contributed by atoms with E-state index in [1.165, 1.54) is 39.2 Å². The molecule has 0 radical (unpaired) electrons. The van der Waals surface area contributed by atoms with Gasteiger partial charge in [-0.25, -0.2) is 9.59 Å². The number of likely N-dealkylation sites (N-methyl/N-ethyl adjacent to an activating group) is 1. The molecule has 1 aromatic carbocycles. The molecule has 3 N–H and O–H groups in total. The van der Waals surface area contributed by atoms with Crippen LogP contribution < -0.4 is 16.0 Å². The van der Waals surface area contributed by atoms with Crippen LogP contribution in [-0.4, -0.2) is 70.0 Å². The van der Waals surface area contributed by atoms with Crippen LogP contribution >= 0.6 is 11.6 Å². The van der Waals surface area contributed by atoms with E-state index in [1.54, 1.807) is 0 Å². The van der Waals surface area contributed by atoms with Gasteiger partial charge in [-0.15, -0.1) is 0 Å². The summed E-state index contributed by atoms with van der Waals surface area (Å²) in [6, 6.07) is 7.80. The lowest BCUT2D eigenvalue weighted by Crippen LogP contribution is -2.52. The van der Waals surface area contributed by atoms with E-state index in [2.05, 4.69) is 27.6 Å². The average Bonchev–Trinajstić information content (AvgIpc) is 2.89. The molecule has 1 heterocycles. The minimum absolute atomic E-state index is 0.00145. The third-order valence-corrected chi connectivity index (χ3v) is 8.02. The van der Waals surface area contributed by atoms with Gasteiger partial charge in [-0.2, -0.15) is 0 Å². The minimum Gasteiger partial charge on any atom is -0.453 e. The smallest absolute Gasteiger partial charge is 0.406 e. The quantitative estimate of drug-likeness (QED) is 0.341. The predicted molar refractivity (Wildman–Crippen MR) is 147 cm³/mol. The standard InChI is InChI=1S/C28H45ClN4O4/c1-28(12-5-4-6-13-28)18-24(19-30-2)32-26(34)33-15-8-10-22(20-33)25(21-9-7-11-23(29)17-21)37-16-14-31-27(35)36-3/h7,9,11,17,22,24-25,30H,4-6,8,10,12-16,18-20H2,1-3H3,(H,31,35)(H,32,34)/t22?,24?,25-/m0/s1. The van der Waals surface area contributed by atoms with E-state index in [-0.39, 0.29) is 24.1 Å². The summed E-state index contributed by atoms with van der Waals surface area (Å²) < 4.78 is 10.9. The number of benzene rings is 1. The van der Waals surface area contributed by atoms with Crippen molar-refractivity contribution in [3.63, 3.8) is 0 Å². The fourth-order valence-electron chi connectivity index (χ4n) is 5.93. The number of likely N-dealkylation sites (tertiary alicyclic amines) is 1. The van der Waals surface area contributed by atoms with E-state index in [1.807, 2.05) is 36.2 Å². The highest BCUT2D eigenvalue weighted by Gasteiger charge is 2.34. The fraction of sp³-hybridized carbons (Fsp3) is 0.714. The maximum Gasteiger partial charge on any atom is 0.406 e. The van der Waals surface area contributed by atoms with Gasteiger partial charge in [0, 0.05) is 43.2 Å². The SMILES string of the molecule is CNCC(CC1(C)CCCCC1)NC(=O)N1CCCC([C@@H](OCCNC(=O)OC)c2cccc(Cl)c2)C1. The number of carbonyl (C=O) groups excluding carboxylic acids is 2. The predicted octanol–water partition coefficient (Wildman–Crippen LogP) is 5.12. The van der Waals surface area contributed by atoms with Gasteiger partial charge in [0.15, 0.2) is 0 Å². The molecule has 37 heavy (non-hydrogen) atoms. The summed E-state index contributed by atoms with van der Waals surface area (Å²) >= 11 is 6.30. The third kappa shape index (κ3) is 9.34. The zero-order valence-corrected chi connectivity index (χ0v) is 23.4. The molecule has 1 saturated heterocycles. The molecule has 3 rings (SSSR count). The van der Waals surface area contributed by atoms with Crippen LogP contribution in [0.15, 0.2) is 24.3 Å². The van der Waals surface area contributed by atoms with Crippen LogP contribution in [0.4, 0.5) is 9.59 Å². The lowest BCUT2D eigenvalue weighted by atomic mass is 9.72. The molecule has 1 aliphatic carbocycles. The zero-order valence-electron chi connectivity index (χ0n) is 22.7. The van der Waals surface area contributed by atoms with Gasteiger partial charge in [0.2, 0.25) is 0 Å². The zero-order chi connectivity index (χ0) is 26.7. The number of hydrogen-bond donors (Lipinski definition) is 3. The summed E-state index contributed by atoms with van der Waals surface area (Å²) in [6.07, 6.45) is 8.49. The minimum atomic E-state index is -0.485. The summed E-state index contributed by atoms with van der Waals surface area (Å²) in [5.74, 6) is 0.120. The van der Waals surface area contributed by atoms with Crippen molar-refractivity contribution in [2.45, 2.75) is 70.4 Å². The Morgan fingerprint density at radius 2 is 2.00 bits per heavy atom. The van der Waals surface area contributed by atoms with Gasteiger partial charge in [0.05, 0.1) is 19.8 Å². The molecule has 0 aromatic heterocycles. The van der Waals surface area contributed by atoms with Gasteiger partial charge in [-0.3, -0.25) is 0 Å². The maximum atomic E-state index is 13.4. The Balaban J connectivity index is 1.64. The molecule has 1 aliphatic heterocycles. The Hall–Kier alpha value is -2.03. The van der Waals surface area contributed by atoms with Crippen molar-refractivity contribution in [2.24, 2.45) is 11.3 Å². The molecule has 208 valence electrons. The molecule has 1 saturated carbocycles. The normalized spacial score (nSPS) is 21.1. The fourth-order valence-corrected chi connectivity index (χ4v) is 6.13. The van der Waals surface area contributed by atoms with E-state index >= 15 is 0 Å². The number of amides is 3. The van der Waals surface area contributed by atoms with Gasteiger partial charge in [0.25, 0.3) is 0 Å². The van der Waals surface area contributed by atoms with Gasteiger partial charge in [-0.1, -0.05) is 49.9 Å². The van der Waals surface area contributed by atoms with Crippen LogP contribution in [0.1, 0.15) is 70.0 Å². The van der Waals surface area contributed by atoms with Crippen LogP contribution in [0.3, 0.4) is 0 Å².